The molecule has 0 aliphatic carbocycles. The lowest BCUT2D eigenvalue weighted by molar-refractivity contribution is 2.02. The number of hydrogen-bond donors (Lipinski definition) is 1. The number of hydrogen-bond acceptors (Lipinski definition) is 1. The van der Waals surface area contributed by atoms with E-state index in [4.69, 9.17) is 0 Å². The summed E-state index contributed by atoms with van der Waals surface area (Å²) in [6.07, 6.45) is 10.7. The van der Waals surface area contributed by atoms with Crippen molar-refractivity contribution in [3.63, 3.8) is 0 Å². The molecule has 0 aromatic carbocycles. The van der Waals surface area contributed by atoms with Gasteiger partial charge in [-0.3, -0.25) is 0 Å². The summed E-state index contributed by atoms with van der Waals surface area (Å²) >= 11 is 3.93. The van der Waals surface area contributed by atoms with E-state index in [1.807, 2.05) is 12.2 Å². The quantitative estimate of drug-likeness (QED) is 0.468. The van der Waals surface area contributed by atoms with Crippen molar-refractivity contribution >= 4 is 22.7 Å². The Bertz CT molecular complexity index is 117. The number of rotatable bonds is 2. The Morgan fingerprint density at radius 2 is 1.67 bits per heavy atom. The van der Waals surface area contributed by atoms with Gasteiger partial charge in [0.2, 0.25) is 0 Å². The highest BCUT2D eigenvalue weighted by Gasteiger charge is 1.93. The van der Waals surface area contributed by atoms with Crippen LogP contribution in [0, 0.1) is 0 Å². The van der Waals surface area contributed by atoms with Crippen LogP contribution in [-0.4, -0.2) is 18.8 Å². The zero-order valence-corrected chi connectivity index (χ0v) is 7.88. The predicted octanol–water partition coefficient (Wildman–Crippen LogP) is 2.64. The van der Waals surface area contributed by atoms with Crippen molar-refractivity contribution in [2.45, 2.75) is 0 Å². The van der Waals surface area contributed by atoms with Crippen molar-refractivity contribution in [1.82, 2.24) is 0 Å². The van der Waals surface area contributed by atoms with Gasteiger partial charge in [0.1, 0.15) is 0 Å². The topological polar surface area (TPSA) is 0 Å². The average Bonchev–Trinajstić information content (AvgIpc) is 1.63. The molecule has 9 heavy (non-hydrogen) atoms. The van der Waals surface area contributed by atoms with Gasteiger partial charge in [-0.2, -0.15) is 12.6 Å². The van der Waals surface area contributed by atoms with Gasteiger partial charge in [0.25, 0.3) is 0 Å². The van der Waals surface area contributed by atoms with E-state index >= 15 is 0 Å². The Balaban J connectivity index is 3.71. The maximum absolute atomic E-state index is 3.93. The second kappa shape index (κ2) is 4.07. The summed E-state index contributed by atoms with van der Waals surface area (Å²) in [5, 5.41) is 3.96. The minimum Gasteiger partial charge on any atom is -0.230 e. The summed E-state index contributed by atoms with van der Waals surface area (Å²) in [5.41, 5.74) is 0. The Kier molecular flexibility index (Phi) is 4.15. The van der Waals surface area contributed by atoms with Gasteiger partial charge in [-0.05, 0) is 29.6 Å². The highest BCUT2D eigenvalue weighted by Crippen LogP contribution is 2.35. The van der Waals surface area contributed by atoms with E-state index in [0.717, 1.165) is 0 Å². The third-order valence-corrected chi connectivity index (χ3v) is 1.83. The summed E-state index contributed by atoms with van der Waals surface area (Å²) < 4.78 is 0. The van der Waals surface area contributed by atoms with E-state index in [1.54, 1.807) is 5.41 Å². The Morgan fingerprint density at radius 3 is 2.00 bits per heavy atom. The fourth-order valence-electron chi connectivity index (χ4n) is 0.331. The third-order valence-electron chi connectivity index (χ3n) is 0.684. The highest BCUT2D eigenvalue weighted by atomic mass is 32.3. The van der Waals surface area contributed by atoms with Gasteiger partial charge in [0.15, 0.2) is 0 Å². The van der Waals surface area contributed by atoms with Gasteiger partial charge in [0.05, 0.1) is 0 Å². The number of allylic oxidation sites excluding steroid dienone is 2. The maximum Gasteiger partial charge on any atom is -0.0315 e. The predicted molar refractivity (Wildman–Crippen MR) is 52.6 cm³/mol. The van der Waals surface area contributed by atoms with Gasteiger partial charge >= 0.3 is 0 Å². The van der Waals surface area contributed by atoms with E-state index in [1.165, 1.54) is 0 Å². The van der Waals surface area contributed by atoms with Gasteiger partial charge in [-0.1, -0.05) is 12.2 Å². The van der Waals surface area contributed by atoms with Crippen LogP contribution in [0.25, 0.3) is 0 Å². The van der Waals surface area contributed by atoms with Crippen molar-refractivity contribution in [2.24, 2.45) is 0 Å². The molecule has 0 aliphatic heterocycles. The second-order valence-corrected chi connectivity index (χ2v) is 7.04. The largest absolute Gasteiger partial charge is 0.230 e. The van der Waals surface area contributed by atoms with Crippen LogP contribution in [0.4, 0.5) is 0 Å². The number of thiol groups is 1. The molecule has 0 fully saturated rings. The third kappa shape index (κ3) is 8.18. The summed E-state index contributed by atoms with van der Waals surface area (Å²) in [5.74, 6) is 0. The standard InChI is InChI=1S/C7H14S2/c1-9(2,3)7-5-4-6-8/h4-8H,1-3H3/b6-4-,7-5+. The zero-order chi connectivity index (χ0) is 7.33. The first-order valence-electron chi connectivity index (χ1n) is 2.72. The molecular weight excluding hydrogens is 148 g/mol. The lowest BCUT2D eigenvalue weighted by Gasteiger charge is -2.18. The monoisotopic (exact) mass is 162 g/mol. The van der Waals surface area contributed by atoms with Crippen LogP contribution in [0.2, 0.25) is 0 Å². The SMILES string of the molecule is CS(C)(C)/C=C/C=C\S. The molecule has 2 heteroatoms. The first-order valence-corrected chi connectivity index (χ1v) is 6.16. The molecule has 0 saturated carbocycles. The molecule has 0 unspecified atom stereocenters. The van der Waals surface area contributed by atoms with E-state index in [2.05, 4.69) is 36.8 Å². The van der Waals surface area contributed by atoms with Crippen LogP contribution in [0.3, 0.4) is 0 Å². The van der Waals surface area contributed by atoms with Crippen LogP contribution >= 0.6 is 22.7 Å². The normalized spacial score (nSPS) is 15.6. The molecule has 0 saturated heterocycles. The van der Waals surface area contributed by atoms with Crippen LogP contribution < -0.4 is 0 Å². The van der Waals surface area contributed by atoms with Gasteiger partial charge in [-0.15, -0.1) is 0 Å². The van der Waals surface area contributed by atoms with Crippen molar-refractivity contribution in [3.8, 4) is 0 Å². The molecule has 54 valence electrons. The van der Waals surface area contributed by atoms with E-state index in [9.17, 15) is 0 Å². The average molecular weight is 162 g/mol. The van der Waals surface area contributed by atoms with Gasteiger partial charge < -0.3 is 0 Å². The van der Waals surface area contributed by atoms with Crippen molar-refractivity contribution in [1.29, 1.82) is 0 Å². The highest BCUT2D eigenvalue weighted by molar-refractivity contribution is 8.34. The molecule has 0 aromatic heterocycles. The molecule has 0 bridgehead atoms. The fourth-order valence-corrected chi connectivity index (χ4v) is 0.992. The minimum atomic E-state index is -0.462. The van der Waals surface area contributed by atoms with Crippen LogP contribution in [-0.2, 0) is 0 Å². The van der Waals surface area contributed by atoms with E-state index < -0.39 is 10.0 Å². The van der Waals surface area contributed by atoms with Crippen LogP contribution in [0.15, 0.2) is 23.0 Å². The van der Waals surface area contributed by atoms with Crippen molar-refractivity contribution < 1.29 is 0 Å². The minimum absolute atomic E-state index is 0.462. The molecule has 0 N–H and O–H groups in total. The fraction of sp³-hybridized carbons (Fsp3) is 0.429. The first-order chi connectivity index (χ1) is 4.06. The summed E-state index contributed by atoms with van der Waals surface area (Å²) in [4.78, 5) is 0. The first kappa shape index (κ1) is 9.18. The van der Waals surface area contributed by atoms with Crippen LogP contribution in [0.5, 0.6) is 0 Å². The molecule has 0 heterocycles. The summed E-state index contributed by atoms with van der Waals surface area (Å²) in [6, 6.07) is 0. The van der Waals surface area contributed by atoms with Gasteiger partial charge in [0, 0.05) is 0 Å². The second-order valence-electron chi connectivity index (χ2n) is 2.60. The molecule has 0 aromatic rings. The van der Waals surface area contributed by atoms with E-state index in [0.29, 0.717) is 0 Å². The Hall–Kier alpha value is 0.180. The Morgan fingerprint density at radius 1 is 1.11 bits per heavy atom. The van der Waals surface area contributed by atoms with Gasteiger partial charge in [-0.25, -0.2) is 10.0 Å². The zero-order valence-electron chi connectivity index (χ0n) is 6.16. The Labute approximate surface area is 64.8 Å². The summed E-state index contributed by atoms with van der Waals surface area (Å²) in [6.45, 7) is 0. The molecule has 0 amide bonds. The molecule has 0 rings (SSSR count). The molecule has 0 radical (unpaired) electrons. The van der Waals surface area contributed by atoms with E-state index in [-0.39, 0.29) is 0 Å². The van der Waals surface area contributed by atoms with Crippen LogP contribution in [0.1, 0.15) is 0 Å². The van der Waals surface area contributed by atoms with Crippen molar-refractivity contribution in [3.05, 3.63) is 23.0 Å². The van der Waals surface area contributed by atoms with Crippen molar-refractivity contribution in [2.75, 3.05) is 18.8 Å². The molecule has 0 spiro atoms. The molecular formula is C7H14S2. The smallest absolute Gasteiger partial charge is 0.0315 e. The lowest BCUT2D eigenvalue weighted by atomic mass is 10.6. The summed E-state index contributed by atoms with van der Waals surface area (Å²) in [7, 11) is -0.462. The molecule has 0 aliphatic rings. The lowest BCUT2D eigenvalue weighted by Crippen LogP contribution is -1.82. The maximum atomic E-state index is 3.93. The molecule has 0 nitrogen and oxygen atoms in total. The molecule has 0 atom stereocenters.